The van der Waals surface area contributed by atoms with Gasteiger partial charge in [-0.3, -0.25) is 19.3 Å². The predicted molar refractivity (Wildman–Crippen MR) is 108 cm³/mol. The van der Waals surface area contributed by atoms with Crippen LogP contribution in [0.4, 0.5) is 5.69 Å². The van der Waals surface area contributed by atoms with Crippen molar-refractivity contribution < 1.29 is 19.1 Å². The highest BCUT2D eigenvalue weighted by molar-refractivity contribution is 9.10. The maximum absolute atomic E-state index is 12.7. The number of carbonyl (C=O) groups is 3. The van der Waals surface area contributed by atoms with E-state index in [1.165, 1.54) is 11.0 Å². The number of nitrogens with one attached hydrogen (secondary N) is 1. The minimum atomic E-state index is -0.370. The third-order valence-corrected chi connectivity index (χ3v) is 5.57. The number of anilines is 1. The van der Waals surface area contributed by atoms with Crippen molar-refractivity contribution in [2.24, 2.45) is 0 Å². The van der Waals surface area contributed by atoms with Crippen molar-refractivity contribution in [3.05, 3.63) is 63.1 Å². The van der Waals surface area contributed by atoms with Crippen LogP contribution in [0.1, 0.15) is 49.5 Å². The van der Waals surface area contributed by atoms with E-state index in [-0.39, 0.29) is 35.9 Å². The molecule has 2 aromatic rings. The number of hydrogen-bond acceptors (Lipinski definition) is 4. The van der Waals surface area contributed by atoms with Crippen molar-refractivity contribution in [3.63, 3.8) is 0 Å². The fraction of sp³-hybridized carbons (Fsp3) is 0.286. The molecule has 0 bridgehead atoms. The summed E-state index contributed by atoms with van der Waals surface area (Å²) in [4.78, 5) is 39.2. The Bertz CT molecular complexity index is 982. The van der Waals surface area contributed by atoms with Gasteiger partial charge in [0.1, 0.15) is 0 Å². The number of benzene rings is 2. The molecule has 0 aliphatic carbocycles. The van der Waals surface area contributed by atoms with Crippen LogP contribution in [0, 0.1) is 6.92 Å². The molecule has 1 fully saturated rings. The van der Waals surface area contributed by atoms with Gasteiger partial charge in [0.15, 0.2) is 0 Å². The number of halogens is 1. The number of amides is 3. The zero-order chi connectivity index (χ0) is 19.8. The second kappa shape index (κ2) is 7.48. The fourth-order valence-electron chi connectivity index (χ4n) is 3.55. The molecule has 1 saturated heterocycles. The summed E-state index contributed by atoms with van der Waals surface area (Å²) in [6.45, 7) is 2.81. The zero-order valence-corrected chi connectivity index (χ0v) is 16.9. The second-order valence-corrected chi connectivity index (χ2v) is 7.95. The molecule has 2 aliphatic heterocycles. The lowest BCUT2D eigenvalue weighted by Gasteiger charge is -2.17. The van der Waals surface area contributed by atoms with E-state index in [1.54, 1.807) is 12.1 Å². The molecule has 0 unspecified atom stereocenters. The number of rotatable bonds is 4. The minimum Gasteiger partial charge on any atom is -0.376 e. The highest BCUT2D eigenvalue weighted by Gasteiger charge is 2.37. The number of hydrogen-bond donors (Lipinski definition) is 1. The molecule has 4 rings (SSSR count). The topological polar surface area (TPSA) is 75.7 Å². The number of carbonyl (C=O) groups excluding carboxylic acids is 3. The Morgan fingerprint density at radius 2 is 1.96 bits per heavy atom. The first kappa shape index (κ1) is 18.8. The molecule has 2 aliphatic rings. The van der Waals surface area contributed by atoms with Crippen LogP contribution >= 0.6 is 15.9 Å². The van der Waals surface area contributed by atoms with Gasteiger partial charge in [-0.15, -0.1) is 0 Å². The first-order valence-corrected chi connectivity index (χ1v) is 9.92. The molecule has 0 radical (unpaired) electrons. The van der Waals surface area contributed by atoms with E-state index < -0.39 is 0 Å². The van der Waals surface area contributed by atoms with E-state index in [4.69, 9.17) is 4.74 Å². The van der Waals surface area contributed by atoms with Crippen LogP contribution in [0.3, 0.4) is 0 Å². The van der Waals surface area contributed by atoms with Crippen molar-refractivity contribution in [2.75, 3.05) is 18.5 Å². The lowest BCUT2D eigenvalue weighted by molar-refractivity contribution is 0.0475. The normalized spacial score (nSPS) is 18.5. The average molecular weight is 443 g/mol. The van der Waals surface area contributed by atoms with Gasteiger partial charge in [-0.2, -0.15) is 0 Å². The van der Waals surface area contributed by atoms with Crippen molar-refractivity contribution >= 4 is 39.3 Å². The zero-order valence-electron chi connectivity index (χ0n) is 15.3. The molecule has 0 spiro atoms. The molecule has 3 amide bonds. The summed E-state index contributed by atoms with van der Waals surface area (Å²) >= 11 is 3.39. The number of imide groups is 1. The first-order chi connectivity index (χ1) is 13.4. The van der Waals surface area contributed by atoms with Crippen LogP contribution in [-0.2, 0) is 4.74 Å². The molecular weight excluding hydrogens is 424 g/mol. The number of fused-ring (bicyclic) bond motifs is 1. The molecular formula is C21H19BrN2O4. The Balaban J connectivity index is 1.54. The Hall–Kier alpha value is -2.51. The van der Waals surface area contributed by atoms with Gasteiger partial charge in [0.25, 0.3) is 17.7 Å². The van der Waals surface area contributed by atoms with E-state index in [9.17, 15) is 14.4 Å². The fourth-order valence-corrected chi connectivity index (χ4v) is 4.03. The summed E-state index contributed by atoms with van der Waals surface area (Å²) in [5.74, 6) is -1.03. The molecule has 28 heavy (non-hydrogen) atoms. The van der Waals surface area contributed by atoms with Crippen LogP contribution in [0.15, 0.2) is 40.9 Å². The molecule has 1 atom stereocenters. The molecule has 7 heteroatoms. The second-order valence-electron chi connectivity index (χ2n) is 7.03. The van der Waals surface area contributed by atoms with Crippen LogP contribution < -0.4 is 5.32 Å². The van der Waals surface area contributed by atoms with Gasteiger partial charge in [-0.1, -0.05) is 15.9 Å². The van der Waals surface area contributed by atoms with Crippen molar-refractivity contribution in [3.8, 4) is 0 Å². The largest absolute Gasteiger partial charge is 0.376 e. The van der Waals surface area contributed by atoms with Gasteiger partial charge in [0.2, 0.25) is 0 Å². The summed E-state index contributed by atoms with van der Waals surface area (Å²) < 4.78 is 6.47. The summed E-state index contributed by atoms with van der Waals surface area (Å²) in [7, 11) is 0. The van der Waals surface area contributed by atoms with Crippen LogP contribution in [0.25, 0.3) is 0 Å². The van der Waals surface area contributed by atoms with Gasteiger partial charge >= 0.3 is 0 Å². The quantitative estimate of drug-likeness (QED) is 0.730. The lowest BCUT2D eigenvalue weighted by Crippen LogP contribution is -2.36. The minimum absolute atomic E-state index is 0.106. The molecule has 2 aromatic carbocycles. The third kappa shape index (κ3) is 3.47. The number of nitrogens with zero attached hydrogens (tertiary/aromatic N) is 1. The van der Waals surface area contributed by atoms with Gasteiger partial charge < -0.3 is 10.1 Å². The third-order valence-electron chi connectivity index (χ3n) is 5.08. The van der Waals surface area contributed by atoms with Gasteiger partial charge in [-0.05, 0) is 61.7 Å². The highest BCUT2D eigenvalue weighted by atomic mass is 79.9. The van der Waals surface area contributed by atoms with E-state index in [0.29, 0.717) is 23.4 Å². The van der Waals surface area contributed by atoms with E-state index >= 15 is 0 Å². The lowest BCUT2D eigenvalue weighted by atomic mass is 10.0. The van der Waals surface area contributed by atoms with Crippen LogP contribution in [-0.4, -0.2) is 41.9 Å². The molecule has 0 saturated carbocycles. The van der Waals surface area contributed by atoms with Crippen molar-refractivity contribution in [2.45, 2.75) is 25.9 Å². The Labute approximate surface area is 171 Å². The summed E-state index contributed by atoms with van der Waals surface area (Å²) in [5.41, 5.74) is 2.54. The molecule has 6 nitrogen and oxygen atoms in total. The highest BCUT2D eigenvalue weighted by Crippen LogP contribution is 2.27. The van der Waals surface area contributed by atoms with Crippen molar-refractivity contribution in [1.82, 2.24) is 4.90 Å². The Morgan fingerprint density at radius 3 is 2.68 bits per heavy atom. The molecule has 2 heterocycles. The standard InChI is InChI=1S/C21H19BrN2O4/c1-12-9-14(22)5-7-18(12)23-19(25)13-4-6-16-17(10-13)21(27)24(20(16)26)11-15-3-2-8-28-15/h4-7,9-10,15H,2-3,8,11H2,1H3,(H,23,25)/t15-/m1/s1. The van der Waals surface area contributed by atoms with Gasteiger partial charge in [-0.25, -0.2) is 0 Å². The maximum atomic E-state index is 12.7. The summed E-state index contributed by atoms with van der Waals surface area (Å²) in [6, 6.07) is 10.2. The number of ether oxygens (including phenoxy) is 1. The number of aryl methyl sites for hydroxylation is 1. The monoisotopic (exact) mass is 442 g/mol. The van der Waals surface area contributed by atoms with Crippen LogP contribution in [0.5, 0.6) is 0 Å². The summed E-state index contributed by atoms with van der Waals surface area (Å²) in [6.07, 6.45) is 1.67. The van der Waals surface area contributed by atoms with E-state index in [2.05, 4.69) is 21.2 Å². The SMILES string of the molecule is Cc1cc(Br)ccc1NC(=O)c1ccc2c(c1)C(=O)N(C[C@H]1CCCO1)C2=O. The first-order valence-electron chi connectivity index (χ1n) is 9.13. The van der Waals surface area contributed by atoms with E-state index in [0.717, 1.165) is 22.9 Å². The Kier molecular flexibility index (Phi) is 5.03. The predicted octanol–water partition coefficient (Wildman–Crippen LogP) is 3.78. The summed E-state index contributed by atoms with van der Waals surface area (Å²) in [5, 5.41) is 2.85. The molecule has 1 N–H and O–H groups in total. The van der Waals surface area contributed by atoms with Crippen LogP contribution in [0.2, 0.25) is 0 Å². The van der Waals surface area contributed by atoms with Crippen molar-refractivity contribution in [1.29, 1.82) is 0 Å². The smallest absolute Gasteiger partial charge is 0.261 e. The molecule has 144 valence electrons. The van der Waals surface area contributed by atoms with Gasteiger partial charge in [0, 0.05) is 22.3 Å². The van der Waals surface area contributed by atoms with Gasteiger partial charge in [0.05, 0.1) is 23.8 Å². The average Bonchev–Trinajstić information content (AvgIpc) is 3.27. The molecule has 0 aromatic heterocycles. The van der Waals surface area contributed by atoms with E-state index in [1.807, 2.05) is 25.1 Å². The Morgan fingerprint density at radius 1 is 1.18 bits per heavy atom. The maximum Gasteiger partial charge on any atom is 0.261 e.